The quantitative estimate of drug-likeness (QED) is 0.876. The number of alkyl halides is 3. The van der Waals surface area contributed by atoms with E-state index in [1.54, 1.807) is 18.3 Å². The normalized spacial score (nSPS) is 25.0. The summed E-state index contributed by atoms with van der Waals surface area (Å²) >= 11 is 0. The third-order valence-corrected chi connectivity index (χ3v) is 4.40. The molecule has 0 saturated carbocycles. The Balaban J connectivity index is 1.80. The van der Waals surface area contributed by atoms with Crippen LogP contribution in [0.25, 0.3) is 10.8 Å². The first-order chi connectivity index (χ1) is 10.0. The molecule has 2 atom stereocenters. The number of rotatable bonds is 1. The lowest BCUT2D eigenvalue weighted by atomic mass is 10.1. The maximum Gasteiger partial charge on any atom is 0.416 e. The second-order valence-electron chi connectivity index (χ2n) is 5.72. The molecule has 1 aromatic heterocycles. The molecule has 0 spiro atoms. The molecule has 2 saturated heterocycles. The maximum atomic E-state index is 12.8. The van der Waals surface area contributed by atoms with Gasteiger partial charge in [0.2, 0.25) is 0 Å². The van der Waals surface area contributed by atoms with Gasteiger partial charge in [0.1, 0.15) is 5.82 Å². The van der Waals surface area contributed by atoms with Gasteiger partial charge in [0, 0.05) is 36.8 Å². The van der Waals surface area contributed by atoms with E-state index in [9.17, 15) is 13.2 Å². The van der Waals surface area contributed by atoms with Crippen LogP contribution < -0.4 is 10.2 Å². The van der Waals surface area contributed by atoms with Crippen molar-refractivity contribution in [3.05, 3.63) is 36.0 Å². The number of aromatic nitrogens is 1. The molecule has 0 unspecified atom stereocenters. The summed E-state index contributed by atoms with van der Waals surface area (Å²) in [6.45, 7) is 1.79. The van der Waals surface area contributed by atoms with E-state index >= 15 is 0 Å². The first kappa shape index (κ1) is 12.9. The molecule has 2 bridgehead atoms. The number of hydrogen-bond donors (Lipinski definition) is 1. The van der Waals surface area contributed by atoms with Crippen molar-refractivity contribution in [1.29, 1.82) is 0 Å². The van der Waals surface area contributed by atoms with E-state index in [1.807, 2.05) is 0 Å². The van der Waals surface area contributed by atoms with Gasteiger partial charge in [0.15, 0.2) is 0 Å². The Hall–Kier alpha value is -1.82. The van der Waals surface area contributed by atoms with Crippen LogP contribution in [0.2, 0.25) is 0 Å². The minimum absolute atomic E-state index is 0.399. The number of pyridine rings is 1. The summed E-state index contributed by atoms with van der Waals surface area (Å²) in [6.07, 6.45) is -1.63. The van der Waals surface area contributed by atoms with E-state index < -0.39 is 11.7 Å². The second-order valence-corrected chi connectivity index (χ2v) is 5.72. The molecule has 2 aliphatic heterocycles. The lowest BCUT2D eigenvalue weighted by Gasteiger charge is -2.29. The van der Waals surface area contributed by atoms with E-state index in [-0.39, 0.29) is 0 Å². The molecule has 2 aromatic rings. The molecule has 0 aliphatic carbocycles. The molecule has 2 fully saturated rings. The third-order valence-electron chi connectivity index (χ3n) is 4.40. The van der Waals surface area contributed by atoms with Gasteiger partial charge in [-0.1, -0.05) is 6.07 Å². The molecule has 4 rings (SSSR count). The van der Waals surface area contributed by atoms with Gasteiger partial charge in [-0.05, 0) is 30.0 Å². The van der Waals surface area contributed by atoms with E-state index in [0.29, 0.717) is 17.5 Å². The zero-order valence-electron chi connectivity index (χ0n) is 11.2. The number of hydrogen-bond acceptors (Lipinski definition) is 3. The Morgan fingerprint density at radius 3 is 2.76 bits per heavy atom. The van der Waals surface area contributed by atoms with Gasteiger partial charge in [0.25, 0.3) is 0 Å². The van der Waals surface area contributed by atoms with Crippen LogP contribution in [-0.2, 0) is 6.18 Å². The molecular weight excluding hydrogens is 279 g/mol. The van der Waals surface area contributed by atoms with Crippen molar-refractivity contribution in [2.24, 2.45) is 0 Å². The van der Waals surface area contributed by atoms with Gasteiger partial charge in [0.05, 0.1) is 5.56 Å². The highest BCUT2D eigenvalue weighted by Crippen LogP contribution is 2.36. The largest absolute Gasteiger partial charge is 0.416 e. The number of nitrogens with one attached hydrogen (secondary N) is 1. The first-order valence-electron chi connectivity index (χ1n) is 6.98. The van der Waals surface area contributed by atoms with Crippen molar-refractivity contribution in [3.8, 4) is 0 Å². The van der Waals surface area contributed by atoms with Crippen molar-refractivity contribution in [3.63, 3.8) is 0 Å². The van der Waals surface area contributed by atoms with Crippen LogP contribution in [0.5, 0.6) is 0 Å². The monoisotopic (exact) mass is 293 g/mol. The highest BCUT2D eigenvalue weighted by Gasteiger charge is 2.39. The van der Waals surface area contributed by atoms with Crippen molar-refractivity contribution >= 4 is 16.6 Å². The second kappa shape index (κ2) is 4.34. The SMILES string of the molecule is FC(F)(F)c1ccc2c(N3C[C@@H]4C[C@H]3CN4)nccc2c1. The molecule has 0 amide bonds. The van der Waals surface area contributed by atoms with Crippen LogP contribution >= 0.6 is 0 Å². The fraction of sp³-hybridized carbons (Fsp3) is 0.400. The fourth-order valence-corrected chi connectivity index (χ4v) is 3.39. The van der Waals surface area contributed by atoms with E-state index in [4.69, 9.17) is 0 Å². The van der Waals surface area contributed by atoms with E-state index in [1.165, 1.54) is 6.07 Å². The van der Waals surface area contributed by atoms with Crippen LogP contribution in [0.15, 0.2) is 30.5 Å². The van der Waals surface area contributed by atoms with Crippen molar-refractivity contribution in [2.75, 3.05) is 18.0 Å². The molecule has 2 aliphatic rings. The number of anilines is 1. The smallest absolute Gasteiger partial charge is 0.350 e. The van der Waals surface area contributed by atoms with Gasteiger partial charge in [-0.2, -0.15) is 13.2 Å². The van der Waals surface area contributed by atoms with Gasteiger partial charge in [-0.15, -0.1) is 0 Å². The topological polar surface area (TPSA) is 28.2 Å². The predicted molar refractivity (Wildman–Crippen MR) is 74.3 cm³/mol. The molecule has 6 heteroatoms. The van der Waals surface area contributed by atoms with Gasteiger partial charge < -0.3 is 10.2 Å². The molecular formula is C15H14F3N3. The minimum Gasteiger partial charge on any atom is -0.350 e. The molecule has 3 nitrogen and oxygen atoms in total. The Morgan fingerprint density at radius 2 is 2.10 bits per heavy atom. The maximum absolute atomic E-state index is 12.8. The predicted octanol–water partition coefficient (Wildman–Crippen LogP) is 2.80. The van der Waals surface area contributed by atoms with Crippen LogP contribution in [0.1, 0.15) is 12.0 Å². The first-order valence-corrected chi connectivity index (χ1v) is 6.98. The summed E-state index contributed by atoms with van der Waals surface area (Å²) in [6, 6.07) is 6.39. The number of halogens is 3. The lowest BCUT2D eigenvalue weighted by molar-refractivity contribution is -0.137. The van der Waals surface area contributed by atoms with Gasteiger partial charge in [-0.25, -0.2) is 4.98 Å². The van der Waals surface area contributed by atoms with Crippen molar-refractivity contribution < 1.29 is 13.2 Å². The lowest BCUT2D eigenvalue weighted by Crippen LogP contribution is -2.44. The molecule has 21 heavy (non-hydrogen) atoms. The molecule has 0 radical (unpaired) electrons. The molecule has 110 valence electrons. The van der Waals surface area contributed by atoms with E-state index in [2.05, 4.69) is 15.2 Å². The van der Waals surface area contributed by atoms with Crippen LogP contribution in [-0.4, -0.2) is 30.2 Å². The molecule has 1 N–H and O–H groups in total. The number of benzene rings is 1. The Labute approximate surface area is 119 Å². The minimum atomic E-state index is -4.31. The summed E-state index contributed by atoms with van der Waals surface area (Å²) in [5.41, 5.74) is -0.614. The fourth-order valence-electron chi connectivity index (χ4n) is 3.39. The Bertz CT molecular complexity index is 698. The highest BCUT2D eigenvalue weighted by molar-refractivity contribution is 5.93. The Kier molecular flexibility index (Phi) is 2.66. The highest BCUT2D eigenvalue weighted by atomic mass is 19.4. The summed E-state index contributed by atoms with van der Waals surface area (Å²) in [5.74, 6) is 0.801. The van der Waals surface area contributed by atoms with Crippen LogP contribution in [0, 0.1) is 0 Å². The zero-order valence-corrected chi connectivity index (χ0v) is 11.2. The summed E-state index contributed by atoms with van der Waals surface area (Å²) in [4.78, 5) is 6.64. The molecule has 3 heterocycles. The van der Waals surface area contributed by atoms with Gasteiger partial charge in [-0.3, -0.25) is 0 Å². The van der Waals surface area contributed by atoms with E-state index in [0.717, 1.165) is 36.8 Å². The van der Waals surface area contributed by atoms with Crippen molar-refractivity contribution in [2.45, 2.75) is 24.7 Å². The number of fused-ring (bicyclic) bond motifs is 3. The standard InChI is InChI=1S/C15H14F3N3/c16-15(17,18)10-1-2-13-9(5-10)3-4-19-14(13)21-8-11-6-12(21)7-20-11/h1-5,11-12,20H,6-8H2/t11-,12-/m0/s1. The van der Waals surface area contributed by atoms with Crippen molar-refractivity contribution in [1.82, 2.24) is 10.3 Å². The summed E-state index contributed by atoms with van der Waals surface area (Å²) in [5, 5.41) is 4.79. The average Bonchev–Trinajstić information content (AvgIpc) is 3.07. The average molecular weight is 293 g/mol. The zero-order chi connectivity index (χ0) is 14.6. The number of piperazine rings is 1. The molecule has 1 aromatic carbocycles. The third kappa shape index (κ3) is 2.05. The Morgan fingerprint density at radius 1 is 1.24 bits per heavy atom. The number of nitrogens with zero attached hydrogens (tertiary/aromatic N) is 2. The van der Waals surface area contributed by atoms with Crippen LogP contribution in [0.3, 0.4) is 0 Å². The summed E-state index contributed by atoms with van der Waals surface area (Å²) in [7, 11) is 0. The van der Waals surface area contributed by atoms with Crippen LogP contribution in [0.4, 0.5) is 19.0 Å². The summed E-state index contributed by atoms with van der Waals surface area (Å²) < 4.78 is 38.4. The van der Waals surface area contributed by atoms with Gasteiger partial charge >= 0.3 is 6.18 Å².